The number of nitrogens with zero attached hydrogens (tertiary/aromatic N) is 1. The van der Waals surface area contributed by atoms with Gasteiger partial charge in [0.2, 0.25) is 5.91 Å². The molecule has 1 spiro atoms. The van der Waals surface area contributed by atoms with Gasteiger partial charge in [-0.15, -0.1) is 0 Å². The zero-order valence-electron chi connectivity index (χ0n) is 13.3. The molecule has 118 valence electrons. The molecule has 0 bridgehead atoms. The van der Waals surface area contributed by atoms with Gasteiger partial charge < -0.3 is 9.47 Å². The Morgan fingerprint density at radius 1 is 1.32 bits per heavy atom. The fourth-order valence-electron chi connectivity index (χ4n) is 3.28. The van der Waals surface area contributed by atoms with E-state index in [9.17, 15) is 4.79 Å². The van der Waals surface area contributed by atoms with Crippen molar-refractivity contribution < 1.29 is 14.3 Å². The molecule has 0 aromatic heterocycles. The predicted molar refractivity (Wildman–Crippen MR) is 84.3 cm³/mol. The molecule has 3 rings (SSSR count). The predicted octanol–water partition coefficient (Wildman–Crippen LogP) is 2.73. The Bertz CT molecular complexity index is 620. The van der Waals surface area contributed by atoms with E-state index in [1.165, 1.54) is 19.3 Å². The molecule has 0 heterocycles. The summed E-state index contributed by atoms with van der Waals surface area (Å²) in [5, 5.41) is 4.24. The van der Waals surface area contributed by atoms with Crippen molar-refractivity contribution in [2.75, 3.05) is 14.2 Å². The lowest BCUT2D eigenvalue weighted by molar-refractivity contribution is -0.123. The summed E-state index contributed by atoms with van der Waals surface area (Å²) < 4.78 is 10.5. The zero-order valence-corrected chi connectivity index (χ0v) is 13.3. The molecular formula is C17H22N2O3. The first-order valence-electron chi connectivity index (χ1n) is 7.66. The summed E-state index contributed by atoms with van der Waals surface area (Å²) in [7, 11) is 3.22. The first kappa shape index (κ1) is 14.9. The van der Waals surface area contributed by atoms with Crippen LogP contribution < -0.4 is 14.9 Å². The third-order valence-electron chi connectivity index (χ3n) is 4.99. The number of amides is 1. The van der Waals surface area contributed by atoms with E-state index >= 15 is 0 Å². The van der Waals surface area contributed by atoms with E-state index in [1.807, 2.05) is 19.1 Å². The van der Waals surface area contributed by atoms with Crippen molar-refractivity contribution >= 4 is 11.6 Å². The maximum Gasteiger partial charge on any atom is 0.243 e. The standard InChI is InChI=1S/C17H22N2O3/c1-11(13-6-5-12(21-2)9-15(13)22-3)18-19-16(20)14-10-17(14)7-4-8-17/h5-6,9,14H,4,7-8,10H2,1-3H3,(H,19,20)/t14-/m1/s1. The van der Waals surface area contributed by atoms with Crippen LogP contribution >= 0.6 is 0 Å². The number of benzene rings is 1. The second-order valence-corrected chi connectivity index (χ2v) is 6.21. The number of nitrogens with one attached hydrogen (secondary N) is 1. The molecule has 22 heavy (non-hydrogen) atoms. The molecule has 2 aliphatic carbocycles. The van der Waals surface area contributed by atoms with Crippen LogP contribution in [-0.2, 0) is 4.79 Å². The quantitative estimate of drug-likeness (QED) is 0.672. The number of rotatable bonds is 5. The highest BCUT2D eigenvalue weighted by Crippen LogP contribution is 2.65. The maximum absolute atomic E-state index is 12.1. The van der Waals surface area contributed by atoms with Crippen molar-refractivity contribution in [1.82, 2.24) is 5.43 Å². The third-order valence-corrected chi connectivity index (χ3v) is 4.99. The Kier molecular flexibility index (Phi) is 3.81. The summed E-state index contributed by atoms with van der Waals surface area (Å²) in [5.41, 5.74) is 4.60. The van der Waals surface area contributed by atoms with E-state index in [-0.39, 0.29) is 11.8 Å². The van der Waals surface area contributed by atoms with Crippen molar-refractivity contribution in [3.8, 4) is 11.5 Å². The van der Waals surface area contributed by atoms with Crippen molar-refractivity contribution in [2.24, 2.45) is 16.4 Å². The highest BCUT2D eigenvalue weighted by molar-refractivity contribution is 6.02. The number of hydrogen-bond acceptors (Lipinski definition) is 4. The molecule has 2 fully saturated rings. The molecule has 1 amide bonds. The maximum atomic E-state index is 12.1. The highest BCUT2D eigenvalue weighted by Gasteiger charge is 2.60. The molecule has 2 aliphatic rings. The summed E-state index contributed by atoms with van der Waals surface area (Å²) in [4.78, 5) is 12.1. The molecule has 0 aliphatic heterocycles. The van der Waals surface area contributed by atoms with Crippen molar-refractivity contribution in [2.45, 2.75) is 32.6 Å². The van der Waals surface area contributed by atoms with Gasteiger partial charge in [-0.3, -0.25) is 4.79 Å². The van der Waals surface area contributed by atoms with E-state index in [4.69, 9.17) is 9.47 Å². The Balaban J connectivity index is 1.68. The van der Waals surface area contributed by atoms with Gasteiger partial charge in [-0.25, -0.2) is 5.43 Å². The molecule has 0 radical (unpaired) electrons. The summed E-state index contributed by atoms with van der Waals surface area (Å²) in [5.74, 6) is 1.61. The zero-order chi connectivity index (χ0) is 15.7. The highest BCUT2D eigenvalue weighted by atomic mass is 16.5. The second kappa shape index (κ2) is 5.63. The third kappa shape index (κ3) is 2.56. The van der Waals surface area contributed by atoms with E-state index in [0.717, 1.165) is 23.4 Å². The molecule has 0 unspecified atom stereocenters. The van der Waals surface area contributed by atoms with Gasteiger partial charge in [0.05, 0.1) is 19.9 Å². The SMILES string of the molecule is COc1ccc(C(C)=NNC(=O)[C@H]2CC23CCC3)c(OC)c1. The monoisotopic (exact) mass is 302 g/mol. The van der Waals surface area contributed by atoms with Crippen LogP contribution in [0.5, 0.6) is 11.5 Å². The van der Waals surface area contributed by atoms with Gasteiger partial charge >= 0.3 is 0 Å². The minimum atomic E-state index is 0.0477. The van der Waals surface area contributed by atoms with Gasteiger partial charge in [0.1, 0.15) is 11.5 Å². The fourth-order valence-corrected chi connectivity index (χ4v) is 3.28. The Hall–Kier alpha value is -2.04. The summed E-state index contributed by atoms with van der Waals surface area (Å²) in [6.07, 6.45) is 4.68. The van der Waals surface area contributed by atoms with E-state index in [0.29, 0.717) is 11.2 Å². The number of hydrogen-bond donors (Lipinski definition) is 1. The van der Waals surface area contributed by atoms with Gasteiger partial charge in [0.25, 0.3) is 0 Å². The minimum absolute atomic E-state index is 0.0477. The van der Waals surface area contributed by atoms with Crippen LogP contribution in [0.3, 0.4) is 0 Å². The van der Waals surface area contributed by atoms with Crippen molar-refractivity contribution in [1.29, 1.82) is 0 Å². The van der Waals surface area contributed by atoms with E-state index in [1.54, 1.807) is 20.3 Å². The van der Waals surface area contributed by atoms with Crippen LogP contribution in [0.4, 0.5) is 0 Å². The second-order valence-electron chi connectivity index (χ2n) is 6.21. The van der Waals surface area contributed by atoms with Gasteiger partial charge in [0.15, 0.2) is 0 Å². The smallest absolute Gasteiger partial charge is 0.243 e. The molecule has 2 saturated carbocycles. The molecular weight excluding hydrogens is 280 g/mol. The number of ether oxygens (including phenoxy) is 2. The normalized spacial score (nSPS) is 22.0. The Labute approximate surface area is 130 Å². The van der Waals surface area contributed by atoms with Crippen molar-refractivity contribution in [3.05, 3.63) is 23.8 Å². The lowest BCUT2D eigenvalue weighted by Gasteiger charge is -2.25. The molecule has 1 aromatic carbocycles. The first-order valence-corrected chi connectivity index (χ1v) is 7.66. The van der Waals surface area contributed by atoms with Crippen LogP contribution in [0.15, 0.2) is 23.3 Å². The Morgan fingerprint density at radius 3 is 2.64 bits per heavy atom. The molecule has 1 N–H and O–H groups in total. The van der Waals surface area contributed by atoms with Crippen LogP contribution in [-0.4, -0.2) is 25.8 Å². The van der Waals surface area contributed by atoms with Gasteiger partial charge in [-0.2, -0.15) is 5.10 Å². The average molecular weight is 302 g/mol. The lowest BCUT2D eigenvalue weighted by Crippen LogP contribution is -2.26. The number of hydrazone groups is 1. The number of carbonyl (C=O) groups excluding carboxylic acids is 1. The Morgan fingerprint density at radius 2 is 2.09 bits per heavy atom. The largest absolute Gasteiger partial charge is 0.497 e. The van der Waals surface area contributed by atoms with E-state index < -0.39 is 0 Å². The summed E-state index contributed by atoms with van der Waals surface area (Å²) >= 11 is 0. The van der Waals surface area contributed by atoms with Crippen molar-refractivity contribution in [3.63, 3.8) is 0 Å². The molecule has 5 nitrogen and oxygen atoms in total. The summed E-state index contributed by atoms with van der Waals surface area (Å²) in [6.45, 7) is 1.86. The minimum Gasteiger partial charge on any atom is -0.497 e. The average Bonchev–Trinajstić information content (AvgIpc) is 3.27. The van der Waals surface area contributed by atoms with Crippen LogP contribution in [0.1, 0.15) is 38.2 Å². The number of methoxy groups -OCH3 is 2. The van der Waals surface area contributed by atoms with Gasteiger partial charge in [-0.05, 0) is 43.7 Å². The van der Waals surface area contributed by atoms with Crippen LogP contribution in [0.2, 0.25) is 0 Å². The summed E-state index contributed by atoms with van der Waals surface area (Å²) in [6, 6.07) is 5.54. The molecule has 5 heteroatoms. The molecule has 1 atom stereocenters. The van der Waals surface area contributed by atoms with E-state index in [2.05, 4.69) is 10.5 Å². The van der Waals surface area contributed by atoms with Gasteiger partial charge in [0, 0.05) is 17.5 Å². The lowest BCUT2D eigenvalue weighted by atomic mass is 9.80. The molecule has 0 saturated heterocycles. The topological polar surface area (TPSA) is 59.9 Å². The fraction of sp³-hybridized carbons (Fsp3) is 0.529. The van der Waals surface area contributed by atoms with Crippen LogP contribution in [0, 0.1) is 11.3 Å². The molecule has 1 aromatic rings. The van der Waals surface area contributed by atoms with Gasteiger partial charge in [-0.1, -0.05) is 6.42 Å². The van der Waals surface area contributed by atoms with Crippen LogP contribution in [0.25, 0.3) is 0 Å². The first-order chi connectivity index (χ1) is 10.6. The number of carbonyl (C=O) groups is 1.